The molecule has 2 aromatic rings. The first-order valence-electron chi connectivity index (χ1n) is 7.91. The van der Waals surface area contributed by atoms with E-state index in [-0.39, 0.29) is 29.8 Å². The van der Waals surface area contributed by atoms with Crippen LogP contribution >= 0.6 is 0 Å². The fraction of sp³-hybridized carbons (Fsp3) is 0.211. The Bertz CT molecular complexity index is 846. The molecule has 1 aliphatic heterocycles. The summed E-state index contributed by atoms with van der Waals surface area (Å²) < 4.78 is 13.1. The smallest absolute Gasteiger partial charge is 0.335 e. The fourth-order valence-electron chi connectivity index (χ4n) is 2.77. The van der Waals surface area contributed by atoms with E-state index in [2.05, 4.69) is 5.10 Å². The van der Waals surface area contributed by atoms with Crippen molar-refractivity contribution in [2.45, 2.75) is 19.9 Å². The van der Waals surface area contributed by atoms with Crippen molar-refractivity contribution in [3.8, 4) is 0 Å². The lowest BCUT2D eigenvalue weighted by molar-refractivity contribution is -0.136. The van der Waals surface area contributed by atoms with Gasteiger partial charge in [-0.2, -0.15) is 5.10 Å². The molecule has 25 heavy (non-hydrogen) atoms. The van der Waals surface area contributed by atoms with E-state index in [4.69, 9.17) is 5.11 Å². The highest BCUT2D eigenvalue weighted by Gasteiger charge is 2.28. The van der Waals surface area contributed by atoms with E-state index < -0.39 is 5.97 Å². The molecular weight excluding hydrogens is 323 g/mol. The summed E-state index contributed by atoms with van der Waals surface area (Å²) in [7, 11) is 0. The molecule has 0 saturated carbocycles. The summed E-state index contributed by atoms with van der Waals surface area (Å²) in [4.78, 5) is 23.5. The maximum atomic E-state index is 13.1. The second-order valence-electron chi connectivity index (χ2n) is 6.06. The Morgan fingerprint density at radius 2 is 2.00 bits per heavy atom. The summed E-state index contributed by atoms with van der Waals surface area (Å²) in [5.41, 5.74) is 2.33. The Morgan fingerprint density at radius 1 is 1.28 bits per heavy atom. The van der Waals surface area contributed by atoms with Crippen molar-refractivity contribution in [1.29, 1.82) is 0 Å². The monoisotopic (exact) mass is 340 g/mol. The molecule has 2 aromatic carbocycles. The Kier molecular flexibility index (Phi) is 4.61. The standard InChI is InChI=1S/C19H17FN2O3/c1-12-9-17(14-5-7-16(20)8-6-14)21-22(18(12)23)11-13-3-2-4-15(10-13)19(24)25/h2-8,10,12H,9,11H2,1H3,(H,24,25). The molecule has 3 rings (SSSR count). The molecule has 0 radical (unpaired) electrons. The van der Waals surface area contributed by atoms with Crippen molar-refractivity contribution >= 4 is 17.6 Å². The Labute approximate surface area is 144 Å². The van der Waals surface area contributed by atoms with Crippen molar-refractivity contribution in [2.75, 3.05) is 0 Å². The van der Waals surface area contributed by atoms with Crippen LogP contribution < -0.4 is 0 Å². The molecule has 1 N–H and O–H groups in total. The molecule has 1 amide bonds. The van der Waals surface area contributed by atoms with E-state index in [9.17, 15) is 14.0 Å². The minimum atomic E-state index is -1.02. The van der Waals surface area contributed by atoms with Crippen molar-refractivity contribution < 1.29 is 19.1 Å². The molecule has 1 unspecified atom stereocenters. The van der Waals surface area contributed by atoms with Crippen LogP contribution in [0.25, 0.3) is 0 Å². The molecule has 1 heterocycles. The zero-order valence-electron chi connectivity index (χ0n) is 13.6. The number of rotatable bonds is 4. The number of carboxylic acid groups (broad SMARTS) is 1. The van der Waals surface area contributed by atoms with Crippen LogP contribution in [0.5, 0.6) is 0 Å². The van der Waals surface area contributed by atoms with Gasteiger partial charge in [-0.25, -0.2) is 14.2 Å². The second kappa shape index (κ2) is 6.84. The third-order valence-electron chi connectivity index (χ3n) is 4.10. The molecule has 0 aliphatic carbocycles. The first-order valence-corrected chi connectivity index (χ1v) is 7.91. The predicted octanol–water partition coefficient (Wildman–Crippen LogP) is 3.30. The highest BCUT2D eigenvalue weighted by Crippen LogP contribution is 2.22. The molecule has 128 valence electrons. The van der Waals surface area contributed by atoms with Crippen LogP contribution in [0, 0.1) is 11.7 Å². The van der Waals surface area contributed by atoms with Crippen LogP contribution in [0.2, 0.25) is 0 Å². The summed E-state index contributed by atoms with van der Waals surface area (Å²) >= 11 is 0. The largest absolute Gasteiger partial charge is 0.478 e. The average Bonchev–Trinajstić information content (AvgIpc) is 2.59. The second-order valence-corrected chi connectivity index (χ2v) is 6.06. The summed E-state index contributed by atoms with van der Waals surface area (Å²) in [5.74, 6) is -1.71. The van der Waals surface area contributed by atoms with Gasteiger partial charge in [0.15, 0.2) is 0 Å². The van der Waals surface area contributed by atoms with E-state index in [1.807, 2.05) is 6.92 Å². The number of carbonyl (C=O) groups excluding carboxylic acids is 1. The zero-order valence-corrected chi connectivity index (χ0v) is 13.6. The van der Waals surface area contributed by atoms with Gasteiger partial charge in [-0.15, -0.1) is 0 Å². The normalized spacial score (nSPS) is 17.4. The number of hydrogen-bond acceptors (Lipinski definition) is 3. The van der Waals surface area contributed by atoms with E-state index in [0.29, 0.717) is 17.7 Å². The Morgan fingerprint density at radius 3 is 2.68 bits per heavy atom. The maximum absolute atomic E-state index is 13.1. The summed E-state index contributed by atoms with van der Waals surface area (Å²) in [5, 5.41) is 14.9. The topological polar surface area (TPSA) is 70.0 Å². The highest BCUT2D eigenvalue weighted by atomic mass is 19.1. The van der Waals surface area contributed by atoms with Crippen LogP contribution in [-0.4, -0.2) is 27.7 Å². The first kappa shape index (κ1) is 16.8. The lowest BCUT2D eigenvalue weighted by Crippen LogP contribution is -2.37. The number of carbonyl (C=O) groups is 2. The number of hydrogen-bond donors (Lipinski definition) is 1. The van der Waals surface area contributed by atoms with Gasteiger partial charge in [0.2, 0.25) is 5.91 Å². The number of carboxylic acids is 1. The van der Waals surface area contributed by atoms with Crippen molar-refractivity contribution in [3.63, 3.8) is 0 Å². The van der Waals surface area contributed by atoms with Crippen molar-refractivity contribution in [3.05, 3.63) is 71.0 Å². The van der Waals surface area contributed by atoms with Crippen LogP contribution in [0.3, 0.4) is 0 Å². The third kappa shape index (κ3) is 3.74. The quantitative estimate of drug-likeness (QED) is 0.928. The molecule has 0 bridgehead atoms. The predicted molar refractivity (Wildman–Crippen MR) is 90.7 cm³/mol. The molecule has 0 aromatic heterocycles. The first-order chi connectivity index (χ1) is 11.9. The maximum Gasteiger partial charge on any atom is 0.335 e. The minimum Gasteiger partial charge on any atom is -0.478 e. The molecule has 6 heteroatoms. The van der Waals surface area contributed by atoms with Crippen molar-refractivity contribution in [2.24, 2.45) is 11.0 Å². The molecule has 0 spiro atoms. The molecule has 1 aliphatic rings. The van der Waals surface area contributed by atoms with Crippen LogP contribution in [0.4, 0.5) is 4.39 Å². The van der Waals surface area contributed by atoms with Crippen LogP contribution in [-0.2, 0) is 11.3 Å². The zero-order chi connectivity index (χ0) is 18.0. The van der Waals surface area contributed by atoms with Crippen LogP contribution in [0.15, 0.2) is 53.6 Å². The molecular formula is C19H17FN2O3. The summed E-state index contributed by atoms with van der Waals surface area (Å²) in [6.07, 6.45) is 0.482. The van der Waals surface area contributed by atoms with Gasteiger partial charge in [0.05, 0.1) is 17.8 Å². The molecule has 5 nitrogen and oxygen atoms in total. The molecule has 1 atom stereocenters. The minimum absolute atomic E-state index is 0.119. The van der Waals surface area contributed by atoms with Gasteiger partial charge in [-0.1, -0.05) is 31.2 Å². The number of benzene rings is 2. The Hall–Kier alpha value is -3.02. The van der Waals surface area contributed by atoms with Crippen LogP contribution in [0.1, 0.15) is 34.8 Å². The van der Waals surface area contributed by atoms with Gasteiger partial charge in [-0.05, 0) is 35.4 Å². The van der Waals surface area contributed by atoms with Gasteiger partial charge >= 0.3 is 5.97 Å². The van der Waals surface area contributed by atoms with Gasteiger partial charge in [-0.3, -0.25) is 4.79 Å². The highest BCUT2D eigenvalue weighted by molar-refractivity contribution is 6.04. The van der Waals surface area contributed by atoms with E-state index in [1.165, 1.54) is 29.3 Å². The number of nitrogens with zero attached hydrogens (tertiary/aromatic N) is 2. The molecule has 0 fully saturated rings. The number of hydrazone groups is 1. The Balaban J connectivity index is 1.89. The number of amides is 1. The SMILES string of the molecule is CC1CC(c2ccc(F)cc2)=NN(Cc2cccc(C(=O)O)c2)C1=O. The fourth-order valence-corrected chi connectivity index (χ4v) is 2.77. The molecule has 0 saturated heterocycles. The third-order valence-corrected chi connectivity index (χ3v) is 4.10. The van der Waals surface area contributed by atoms with E-state index in [1.54, 1.807) is 24.3 Å². The van der Waals surface area contributed by atoms with Gasteiger partial charge in [0, 0.05) is 12.3 Å². The van der Waals surface area contributed by atoms with Gasteiger partial charge < -0.3 is 5.11 Å². The number of halogens is 1. The number of aromatic carboxylic acids is 1. The summed E-state index contributed by atoms with van der Waals surface area (Å²) in [6.45, 7) is 2.01. The van der Waals surface area contributed by atoms with E-state index in [0.717, 1.165) is 5.56 Å². The lowest BCUT2D eigenvalue weighted by atomic mass is 9.96. The average molecular weight is 340 g/mol. The van der Waals surface area contributed by atoms with Crippen molar-refractivity contribution in [1.82, 2.24) is 5.01 Å². The van der Waals surface area contributed by atoms with Gasteiger partial charge in [0.1, 0.15) is 5.82 Å². The van der Waals surface area contributed by atoms with Gasteiger partial charge in [0.25, 0.3) is 0 Å². The lowest BCUT2D eigenvalue weighted by Gasteiger charge is -2.28. The van der Waals surface area contributed by atoms with E-state index >= 15 is 0 Å². The summed E-state index contributed by atoms with van der Waals surface area (Å²) in [6, 6.07) is 12.4.